The molecule has 2 aliphatic rings. The van der Waals surface area contributed by atoms with Crippen LogP contribution in [0.3, 0.4) is 0 Å². The second-order valence-corrected chi connectivity index (χ2v) is 9.16. The summed E-state index contributed by atoms with van der Waals surface area (Å²) in [5.41, 5.74) is 0. The Morgan fingerprint density at radius 3 is 2.62 bits per heavy atom. The third-order valence-corrected chi connectivity index (χ3v) is 7.24. The monoisotopic (exact) mass is 377 g/mol. The summed E-state index contributed by atoms with van der Waals surface area (Å²) in [4.78, 5) is 10.9. The fraction of sp³-hybridized carbons (Fsp3) is 0.550. The van der Waals surface area contributed by atoms with Crippen molar-refractivity contribution in [1.29, 1.82) is 0 Å². The third-order valence-electron chi connectivity index (χ3n) is 5.77. The zero-order chi connectivity index (χ0) is 18.6. The van der Waals surface area contributed by atoms with Crippen LogP contribution in [0.25, 0.3) is 0 Å². The first-order valence-electron chi connectivity index (χ1n) is 9.41. The summed E-state index contributed by atoms with van der Waals surface area (Å²) in [6, 6.07) is 8.57. The van der Waals surface area contributed by atoms with E-state index in [1.165, 1.54) is 6.42 Å². The van der Waals surface area contributed by atoms with Crippen LogP contribution in [0.2, 0.25) is 0 Å². The van der Waals surface area contributed by atoms with E-state index in [1.807, 2.05) is 12.1 Å². The number of carbonyl (C=O) groups is 1. The molecule has 6 heteroatoms. The summed E-state index contributed by atoms with van der Waals surface area (Å²) in [5.74, 6) is 0.598. The molecule has 26 heavy (non-hydrogen) atoms. The Hall–Kier alpha value is -1.66. The van der Waals surface area contributed by atoms with Crippen LogP contribution in [-0.2, 0) is 14.8 Å². The van der Waals surface area contributed by atoms with Gasteiger partial charge in [0.05, 0.1) is 4.90 Å². The fourth-order valence-electron chi connectivity index (χ4n) is 4.52. The molecule has 142 valence electrons. The average molecular weight is 378 g/mol. The van der Waals surface area contributed by atoms with E-state index in [9.17, 15) is 13.2 Å². The molecule has 0 aromatic heterocycles. The molecule has 1 unspecified atom stereocenters. The van der Waals surface area contributed by atoms with Crippen molar-refractivity contribution in [2.24, 2.45) is 17.8 Å². The molecule has 5 nitrogen and oxygen atoms in total. The lowest BCUT2D eigenvalue weighted by Gasteiger charge is -2.31. The number of allylic oxidation sites excluding steroid dienone is 2. The molecule has 0 amide bonds. The SMILES string of the molecule is O=C(O)CCC/C=C\C[C@@H]1C2CC[C@@H](C2)[C@@H]1NS(=O)(=O)c1ccccc1. The van der Waals surface area contributed by atoms with Crippen LogP contribution in [0.4, 0.5) is 0 Å². The number of sulfonamides is 1. The van der Waals surface area contributed by atoms with Crippen molar-refractivity contribution in [3.8, 4) is 0 Å². The maximum atomic E-state index is 12.7. The zero-order valence-corrected chi connectivity index (χ0v) is 15.7. The zero-order valence-electron chi connectivity index (χ0n) is 14.9. The van der Waals surface area contributed by atoms with Crippen molar-refractivity contribution < 1.29 is 18.3 Å². The van der Waals surface area contributed by atoms with Gasteiger partial charge in [0.25, 0.3) is 0 Å². The van der Waals surface area contributed by atoms with Gasteiger partial charge in [-0.05, 0) is 68.4 Å². The number of nitrogens with one attached hydrogen (secondary N) is 1. The number of carboxylic acid groups (broad SMARTS) is 1. The molecule has 2 saturated carbocycles. The van der Waals surface area contributed by atoms with Gasteiger partial charge in [0.1, 0.15) is 0 Å². The number of benzene rings is 1. The molecule has 4 atom stereocenters. The Morgan fingerprint density at radius 1 is 1.15 bits per heavy atom. The molecule has 1 aromatic rings. The van der Waals surface area contributed by atoms with Crippen molar-refractivity contribution in [3.05, 3.63) is 42.5 Å². The lowest BCUT2D eigenvalue weighted by atomic mass is 9.83. The third kappa shape index (κ3) is 4.54. The number of fused-ring (bicyclic) bond motifs is 2. The van der Waals surface area contributed by atoms with Gasteiger partial charge in [0, 0.05) is 12.5 Å². The van der Waals surface area contributed by atoms with Crippen molar-refractivity contribution >= 4 is 16.0 Å². The Labute approximate surface area is 155 Å². The number of hydrogen-bond acceptors (Lipinski definition) is 3. The smallest absolute Gasteiger partial charge is 0.303 e. The number of carboxylic acids is 1. The molecule has 2 bridgehead atoms. The van der Waals surface area contributed by atoms with Gasteiger partial charge >= 0.3 is 5.97 Å². The summed E-state index contributed by atoms with van der Waals surface area (Å²) < 4.78 is 28.4. The summed E-state index contributed by atoms with van der Waals surface area (Å²) in [5, 5.41) is 8.66. The molecule has 0 heterocycles. The van der Waals surface area contributed by atoms with E-state index in [0.717, 1.165) is 25.7 Å². The summed E-state index contributed by atoms with van der Waals surface area (Å²) in [7, 11) is -3.49. The lowest BCUT2D eigenvalue weighted by Crippen LogP contribution is -2.43. The van der Waals surface area contributed by atoms with E-state index in [1.54, 1.807) is 24.3 Å². The summed E-state index contributed by atoms with van der Waals surface area (Å²) >= 11 is 0. The lowest BCUT2D eigenvalue weighted by molar-refractivity contribution is -0.137. The van der Waals surface area contributed by atoms with E-state index in [2.05, 4.69) is 10.8 Å². The highest BCUT2D eigenvalue weighted by molar-refractivity contribution is 7.89. The van der Waals surface area contributed by atoms with Gasteiger partial charge in [-0.2, -0.15) is 0 Å². The van der Waals surface area contributed by atoms with E-state index in [4.69, 9.17) is 5.11 Å². The van der Waals surface area contributed by atoms with Crippen molar-refractivity contribution in [2.45, 2.75) is 55.9 Å². The minimum atomic E-state index is -3.49. The summed E-state index contributed by atoms with van der Waals surface area (Å²) in [6.07, 6.45) is 10.00. The molecule has 3 rings (SSSR count). The van der Waals surface area contributed by atoms with E-state index in [-0.39, 0.29) is 12.5 Å². The predicted molar refractivity (Wildman–Crippen MR) is 100 cm³/mol. The van der Waals surface area contributed by atoms with Crippen molar-refractivity contribution in [3.63, 3.8) is 0 Å². The highest BCUT2D eigenvalue weighted by Crippen LogP contribution is 2.50. The number of aliphatic carboxylic acids is 1. The molecule has 1 aromatic carbocycles. The molecule has 2 N–H and O–H groups in total. The summed E-state index contributed by atoms with van der Waals surface area (Å²) in [6.45, 7) is 0. The van der Waals surface area contributed by atoms with Crippen LogP contribution < -0.4 is 4.72 Å². The molecule has 2 aliphatic carbocycles. The van der Waals surface area contributed by atoms with E-state index in [0.29, 0.717) is 29.1 Å². The molecule has 0 spiro atoms. The van der Waals surface area contributed by atoms with E-state index >= 15 is 0 Å². The van der Waals surface area contributed by atoms with Crippen LogP contribution in [0.15, 0.2) is 47.4 Å². The van der Waals surface area contributed by atoms with Crippen LogP contribution in [-0.4, -0.2) is 25.5 Å². The van der Waals surface area contributed by atoms with Crippen LogP contribution in [0, 0.1) is 17.8 Å². The molecular formula is C20H27NO4S. The van der Waals surface area contributed by atoms with E-state index < -0.39 is 16.0 Å². The number of unbranched alkanes of at least 4 members (excludes halogenated alkanes) is 1. The van der Waals surface area contributed by atoms with Gasteiger partial charge in [0.2, 0.25) is 10.0 Å². The van der Waals surface area contributed by atoms with Gasteiger partial charge in [0.15, 0.2) is 0 Å². The fourth-order valence-corrected chi connectivity index (χ4v) is 5.90. The standard InChI is InChI=1S/C20H27NO4S/c22-19(23)11-7-2-1-6-10-18-15-12-13-16(14-15)20(18)21-26(24,25)17-8-4-3-5-9-17/h1,3-6,8-9,15-16,18,20-21H,2,7,10-14H2,(H,22,23)/b6-1-/t15?,16-,18+,20-/m0/s1. The first kappa shape index (κ1) is 19.1. The van der Waals surface area contributed by atoms with Crippen molar-refractivity contribution in [1.82, 2.24) is 4.72 Å². The largest absolute Gasteiger partial charge is 0.481 e. The molecule has 0 radical (unpaired) electrons. The van der Waals surface area contributed by atoms with Gasteiger partial charge < -0.3 is 5.11 Å². The Bertz CT molecular complexity index is 744. The molecule has 0 aliphatic heterocycles. The number of hydrogen-bond donors (Lipinski definition) is 2. The molecular weight excluding hydrogens is 350 g/mol. The van der Waals surface area contributed by atoms with Gasteiger partial charge in [-0.15, -0.1) is 0 Å². The maximum absolute atomic E-state index is 12.7. The Morgan fingerprint density at radius 2 is 1.88 bits per heavy atom. The Kier molecular flexibility index (Phi) is 6.14. The normalized spacial score (nSPS) is 28.0. The molecule has 0 saturated heterocycles. The minimum absolute atomic E-state index is 0.00243. The van der Waals surface area contributed by atoms with Gasteiger partial charge in [-0.1, -0.05) is 30.4 Å². The second-order valence-electron chi connectivity index (χ2n) is 7.45. The highest BCUT2D eigenvalue weighted by Gasteiger charge is 2.48. The minimum Gasteiger partial charge on any atom is -0.481 e. The second kappa shape index (κ2) is 8.35. The topological polar surface area (TPSA) is 83.5 Å². The van der Waals surface area contributed by atoms with Gasteiger partial charge in [-0.25, -0.2) is 13.1 Å². The van der Waals surface area contributed by atoms with Gasteiger partial charge in [-0.3, -0.25) is 4.79 Å². The predicted octanol–water partition coefficient (Wildman–Crippen LogP) is 3.58. The first-order valence-corrected chi connectivity index (χ1v) is 10.9. The first-order chi connectivity index (χ1) is 12.5. The van der Waals surface area contributed by atoms with Crippen molar-refractivity contribution in [2.75, 3.05) is 0 Å². The van der Waals surface area contributed by atoms with Crippen LogP contribution in [0.1, 0.15) is 44.9 Å². The maximum Gasteiger partial charge on any atom is 0.303 e. The van der Waals surface area contributed by atoms with Crippen LogP contribution >= 0.6 is 0 Å². The molecule has 2 fully saturated rings. The number of rotatable bonds is 9. The average Bonchev–Trinajstić information content (AvgIpc) is 3.20. The quantitative estimate of drug-likeness (QED) is 0.509. The highest BCUT2D eigenvalue weighted by atomic mass is 32.2. The van der Waals surface area contributed by atoms with Crippen LogP contribution in [0.5, 0.6) is 0 Å². The Balaban J connectivity index is 1.60.